The van der Waals surface area contributed by atoms with E-state index in [0.29, 0.717) is 17.3 Å². The molecule has 3 N–H and O–H groups in total. The predicted octanol–water partition coefficient (Wildman–Crippen LogP) is 3.16. The Balaban J connectivity index is 1.72. The molecule has 0 saturated heterocycles. The molecule has 2 aromatic rings. The molecule has 23 heavy (non-hydrogen) atoms. The molecule has 0 bridgehead atoms. The van der Waals surface area contributed by atoms with Crippen molar-refractivity contribution in [2.75, 3.05) is 17.6 Å². The van der Waals surface area contributed by atoms with Crippen LogP contribution in [0.2, 0.25) is 0 Å². The molecule has 0 atom stereocenters. The molecular weight excluding hydrogens is 288 g/mol. The van der Waals surface area contributed by atoms with Crippen LogP contribution in [0.1, 0.15) is 43.5 Å². The van der Waals surface area contributed by atoms with Crippen LogP contribution >= 0.6 is 0 Å². The van der Waals surface area contributed by atoms with Gasteiger partial charge in [-0.15, -0.1) is 0 Å². The summed E-state index contributed by atoms with van der Waals surface area (Å²) in [6, 6.07) is 2.00. The van der Waals surface area contributed by atoms with Gasteiger partial charge in [-0.1, -0.05) is 11.6 Å². The fourth-order valence-electron chi connectivity index (χ4n) is 3.01. The van der Waals surface area contributed by atoms with Crippen molar-refractivity contribution in [1.29, 1.82) is 0 Å². The molecular formula is C17H24N6. The van der Waals surface area contributed by atoms with Gasteiger partial charge in [0.15, 0.2) is 11.6 Å². The summed E-state index contributed by atoms with van der Waals surface area (Å²) in [5.41, 5.74) is 10.3. The van der Waals surface area contributed by atoms with E-state index in [1.54, 1.807) is 4.68 Å². The Labute approximate surface area is 136 Å². The zero-order valence-corrected chi connectivity index (χ0v) is 13.8. The molecule has 1 aliphatic rings. The van der Waals surface area contributed by atoms with Crippen molar-refractivity contribution in [1.82, 2.24) is 19.7 Å². The fraction of sp³-hybridized carbons (Fsp3) is 0.471. The number of aryl methyl sites for hydroxylation is 2. The summed E-state index contributed by atoms with van der Waals surface area (Å²) >= 11 is 0. The first-order valence-electron chi connectivity index (χ1n) is 8.21. The van der Waals surface area contributed by atoms with Crippen molar-refractivity contribution in [3.05, 3.63) is 35.4 Å². The quantitative estimate of drug-likeness (QED) is 0.829. The maximum absolute atomic E-state index is 6.25. The molecule has 122 valence electrons. The van der Waals surface area contributed by atoms with Crippen LogP contribution in [0.25, 0.3) is 5.82 Å². The van der Waals surface area contributed by atoms with Crippen LogP contribution in [0.5, 0.6) is 0 Å². The first-order chi connectivity index (χ1) is 11.1. The van der Waals surface area contributed by atoms with E-state index < -0.39 is 0 Å². The van der Waals surface area contributed by atoms with Gasteiger partial charge in [0, 0.05) is 12.2 Å². The Hall–Kier alpha value is -2.37. The average Bonchev–Trinajstić information content (AvgIpc) is 2.88. The normalized spacial score (nSPS) is 14.6. The smallest absolute Gasteiger partial charge is 0.182 e. The second kappa shape index (κ2) is 6.81. The number of nitrogens with zero attached hydrogens (tertiary/aromatic N) is 4. The van der Waals surface area contributed by atoms with E-state index in [-0.39, 0.29) is 0 Å². The van der Waals surface area contributed by atoms with Crippen LogP contribution < -0.4 is 11.1 Å². The second-order valence-corrected chi connectivity index (χ2v) is 6.08. The number of aromatic nitrogens is 4. The Morgan fingerprint density at radius 3 is 2.83 bits per heavy atom. The Morgan fingerprint density at radius 1 is 1.26 bits per heavy atom. The van der Waals surface area contributed by atoms with Gasteiger partial charge in [0.1, 0.15) is 12.0 Å². The molecule has 0 aliphatic heterocycles. The molecule has 1 aliphatic carbocycles. The Bertz CT molecular complexity index is 716. The molecule has 3 rings (SSSR count). The van der Waals surface area contributed by atoms with Gasteiger partial charge < -0.3 is 11.1 Å². The third kappa shape index (κ3) is 3.52. The van der Waals surface area contributed by atoms with Crippen LogP contribution in [-0.2, 0) is 0 Å². The summed E-state index contributed by atoms with van der Waals surface area (Å²) in [5.74, 6) is 1.31. The third-order valence-corrected chi connectivity index (χ3v) is 4.20. The maximum Gasteiger partial charge on any atom is 0.182 e. The number of allylic oxidation sites excluding steroid dienone is 1. The third-order valence-electron chi connectivity index (χ3n) is 4.20. The van der Waals surface area contributed by atoms with Gasteiger partial charge >= 0.3 is 0 Å². The van der Waals surface area contributed by atoms with E-state index in [9.17, 15) is 0 Å². The number of nitrogens with one attached hydrogen (secondary N) is 1. The molecule has 0 spiro atoms. The van der Waals surface area contributed by atoms with Crippen LogP contribution in [0.3, 0.4) is 0 Å². The van der Waals surface area contributed by atoms with Crippen LogP contribution in [0.15, 0.2) is 24.0 Å². The van der Waals surface area contributed by atoms with Gasteiger partial charge in [0.25, 0.3) is 0 Å². The number of hydrogen-bond donors (Lipinski definition) is 2. The molecule has 0 amide bonds. The summed E-state index contributed by atoms with van der Waals surface area (Å²) in [6.45, 7) is 4.78. The average molecular weight is 312 g/mol. The summed E-state index contributed by atoms with van der Waals surface area (Å²) in [4.78, 5) is 8.57. The Kier molecular flexibility index (Phi) is 4.60. The van der Waals surface area contributed by atoms with Gasteiger partial charge in [-0.3, -0.25) is 0 Å². The summed E-state index contributed by atoms with van der Waals surface area (Å²) in [5, 5.41) is 7.78. The van der Waals surface area contributed by atoms with E-state index in [2.05, 4.69) is 26.5 Å². The largest absolute Gasteiger partial charge is 0.393 e. The van der Waals surface area contributed by atoms with Crippen molar-refractivity contribution in [2.24, 2.45) is 0 Å². The fourth-order valence-corrected chi connectivity index (χ4v) is 3.01. The molecule has 0 aromatic carbocycles. The minimum absolute atomic E-state index is 0.538. The van der Waals surface area contributed by atoms with Crippen molar-refractivity contribution in [2.45, 2.75) is 46.0 Å². The monoisotopic (exact) mass is 312 g/mol. The topological polar surface area (TPSA) is 81.7 Å². The summed E-state index contributed by atoms with van der Waals surface area (Å²) in [6.07, 6.45) is 10.0. The van der Waals surface area contributed by atoms with Crippen molar-refractivity contribution in [3.63, 3.8) is 0 Å². The summed E-state index contributed by atoms with van der Waals surface area (Å²) in [7, 11) is 0. The maximum atomic E-state index is 6.25. The lowest BCUT2D eigenvalue weighted by Gasteiger charge is -2.15. The van der Waals surface area contributed by atoms with E-state index in [1.807, 2.05) is 19.9 Å². The highest BCUT2D eigenvalue weighted by Crippen LogP contribution is 2.24. The van der Waals surface area contributed by atoms with E-state index in [4.69, 9.17) is 5.73 Å². The first kappa shape index (κ1) is 15.5. The molecule has 6 heteroatoms. The molecule has 0 saturated carbocycles. The lowest BCUT2D eigenvalue weighted by molar-refractivity contribution is 0.679. The lowest BCUT2D eigenvalue weighted by atomic mass is 9.97. The second-order valence-electron chi connectivity index (χ2n) is 6.08. The van der Waals surface area contributed by atoms with Gasteiger partial charge in [-0.25, -0.2) is 14.6 Å². The molecule has 0 radical (unpaired) electrons. The van der Waals surface area contributed by atoms with E-state index in [1.165, 1.54) is 37.6 Å². The number of hydrogen-bond acceptors (Lipinski definition) is 5. The number of nitrogens with two attached hydrogens (primary N) is 1. The van der Waals surface area contributed by atoms with Crippen molar-refractivity contribution in [3.8, 4) is 5.82 Å². The van der Waals surface area contributed by atoms with Gasteiger partial charge in [-0.05, 0) is 52.0 Å². The summed E-state index contributed by atoms with van der Waals surface area (Å²) < 4.78 is 1.77. The Morgan fingerprint density at radius 2 is 2.13 bits per heavy atom. The minimum atomic E-state index is 0.538. The number of nitrogen functional groups attached to an aromatic ring is 1. The number of anilines is 2. The molecule has 0 fully saturated rings. The zero-order chi connectivity index (χ0) is 16.2. The minimum Gasteiger partial charge on any atom is -0.393 e. The predicted molar refractivity (Wildman–Crippen MR) is 92.7 cm³/mol. The standard InChI is InChI=1S/C17H24N6/c1-12-10-13(2)23(22-12)17-15(18)16(20-11-21-17)19-9-8-14-6-4-3-5-7-14/h6,10-11H,3-5,7-9,18H2,1-2H3,(H,19,20,21). The molecule has 0 unspecified atom stereocenters. The lowest BCUT2D eigenvalue weighted by Crippen LogP contribution is -2.12. The van der Waals surface area contributed by atoms with Crippen molar-refractivity contribution < 1.29 is 0 Å². The SMILES string of the molecule is Cc1cc(C)n(-c2ncnc(NCCC3=CCCCC3)c2N)n1. The van der Waals surface area contributed by atoms with Gasteiger partial charge in [-0.2, -0.15) is 5.10 Å². The van der Waals surface area contributed by atoms with Crippen LogP contribution in [-0.4, -0.2) is 26.3 Å². The van der Waals surface area contributed by atoms with Gasteiger partial charge in [0.2, 0.25) is 0 Å². The highest BCUT2D eigenvalue weighted by molar-refractivity contribution is 5.69. The first-order valence-corrected chi connectivity index (χ1v) is 8.21. The molecule has 6 nitrogen and oxygen atoms in total. The highest BCUT2D eigenvalue weighted by atomic mass is 15.3. The van der Waals surface area contributed by atoms with E-state index >= 15 is 0 Å². The highest BCUT2D eigenvalue weighted by Gasteiger charge is 2.13. The molecule has 2 heterocycles. The zero-order valence-electron chi connectivity index (χ0n) is 13.8. The van der Waals surface area contributed by atoms with Gasteiger partial charge in [0.05, 0.1) is 5.69 Å². The number of rotatable bonds is 5. The van der Waals surface area contributed by atoms with E-state index in [0.717, 1.165) is 24.4 Å². The van der Waals surface area contributed by atoms with Crippen LogP contribution in [0, 0.1) is 13.8 Å². The van der Waals surface area contributed by atoms with Crippen molar-refractivity contribution >= 4 is 11.5 Å². The van der Waals surface area contributed by atoms with Crippen LogP contribution in [0.4, 0.5) is 11.5 Å². The molecule has 2 aromatic heterocycles.